The molecule has 8 heteroatoms. The molecule has 134 valence electrons. The van der Waals surface area contributed by atoms with Gasteiger partial charge in [0.05, 0.1) is 17.1 Å². The summed E-state index contributed by atoms with van der Waals surface area (Å²) in [5.74, 6) is -0.602. The molecule has 0 spiro atoms. The molecule has 0 aliphatic carbocycles. The first-order chi connectivity index (χ1) is 11.8. The van der Waals surface area contributed by atoms with Gasteiger partial charge < -0.3 is 5.32 Å². The number of carbonyl (C=O) groups is 1. The minimum Gasteiger partial charge on any atom is -0.349 e. The van der Waals surface area contributed by atoms with Crippen molar-refractivity contribution in [3.63, 3.8) is 0 Å². The molecule has 0 bridgehead atoms. The first-order valence-electron chi connectivity index (χ1n) is 7.75. The molecule has 1 heterocycles. The molecule has 2 N–H and O–H groups in total. The molecular formula is C17H20BrN3O3S. The summed E-state index contributed by atoms with van der Waals surface area (Å²) in [7, 11) is -3.80. The molecule has 0 aliphatic heterocycles. The first-order valence-corrected chi connectivity index (χ1v) is 10.0. The van der Waals surface area contributed by atoms with Crippen LogP contribution in [0.4, 0.5) is 0 Å². The van der Waals surface area contributed by atoms with Crippen LogP contribution in [0.25, 0.3) is 0 Å². The SMILES string of the molecule is CC(C)[C@H](NS(=O)(=O)c1ccc(Br)cc1)C(=O)NCc1ccccn1. The van der Waals surface area contributed by atoms with Crippen molar-refractivity contribution in [1.82, 2.24) is 15.0 Å². The maximum absolute atomic E-state index is 12.5. The molecule has 1 atom stereocenters. The van der Waals surface area contributed by atoms with E-state index in [4.69, 9.17) is 0 Å². The molecule has 0 radical (unpaired) electrons. The van der Waals surface area contributed by atoms with Crippen LogP contribution in [0.5, 0.6) is 0 Å². The van der Waals surface area contributed by atoms with E-state index in [-0.39, 0.29) is 23.3 Å². The fourth-order valence-corrected chi connectivity index (χ4v) is 3.74. The molecule has 25 heavy (non-hydrogen) atoms. The molecule has 0 saturated carbocycles. The van der Waals surface area contributed by atoms with Gasteiger partial charge in [-0.15, -0.1) is 0 Å². The Labute approximate surface area is 156 Å². The molecule has 2 rings (SSSR count). The lowest BCUT2D eigenvalue weighted by molar-refractivity contribution is -0.123. The summed E-state index contributed by atoms with van der Waals surface area (Å²) in [5.41, 5.74) is 0.703. The predicted octanol–water partition coefficient (Wildman–Crippen LogP) is 2.46. The lowest BCUT2D eigenvalue weighted by atomic mass is 10.1. The highest BCUT2D eigenvalue weighted by molar-refractivity contribution is 9.10. The number of benzene rings is 1. The van der Waals surface area contributed by atoms with Crippen molar-refractivity contribution in [3.8, 4) is 0 Å². The highest BCUT2D eigenvalue weighted by atomic mass is 79.9. The highest BCUT2D eigenvalue weighted by Gasteiger charge is 2.28. The van der Waals surface area contributed by atoms with Gasteiger partial charge in [0.2, 0.25) is 15.9 Å². The summed E-state index contributed by atoms with van der Waals surface area (Å²) < 4.78 is 28.3. The summed E-state index contributed by atoms with van der Waals surface area (Å²) in [4.78, 5) is 16.7. The predicted molar refractivity (Wildman–Crippen MR) is 99.2 cm³/mol. The number of aromatic nitrogens is 1. The van der Waals surface area contributed by atoms with Gasteiger partial charge in [-0.05, 0) is 42.3 Å². The normalized spacial score (nSPS) is 12.8. The lowest BCUT2D eigenvalue weighted by Gasteiger charge is -2.21. The van der Waals surface area contributed by atoms with Crippen LogP contribution in [0.3, 0.4) is 0 Å². The molecule has 0 fully saturated rings. The molecule has 6 nitrogen and oxygen atoms in total. The summed E-state index contributed by atoms with van der Waals surface area (Å²) >= 11 is 3.27. The zero-order valence-corrected chi connectivity index (χ0v) is 16.3. The number of halogens is 1. The Morgan fingerprint density at radius 3 is 2.40 bits per heavy atom. The summed E-state index contributed by atoms with van der Waals surface area (Å²) in [6.07, 6.45) is 1.64. The van der Waals surface area contributed by atoms with Gasteiger partial charge in [0.25, 0.3) is 0 Å². The van der Waals surface area contributed by atoms with Crippen LogP contribution in [0.1, 0.15) is 19.5 Å². The zero-order chi connectivity index (χ0) is 18.4. The van der Waals surface area contributed by atoms with Crippen molar-refractivity contribution in [3.05, 3.63) is 58.8 Å². The van der Waals surface area contributed by atoms with Gasteiger partial charge >= 0.3 is 0 Å². The van der Waals surface area contributed by atoms with Gasteiger partial charge in [-0.1, -0.05) is 35.8 Å². The van der Waals surface area contributed by atoms with Crippen LogP contribution in [-0.2, 0) is 21.4 Å². The maximum Gasteiger partial charge on any atom is 0.241 e. The van der Waals surface area contributed by atoms with E-state index < -0.39 is 16.1 Å². The van der Waals surface area contributed by atoms with Crippen molar-refractivity contribution in [2.45, 2.75) is 31.3 Å². The third-order valence-electron chi connectivity index (χ3n) is 3.53. The summed E-state index contributed by atoms with van der Waals surface area (Å²) in [6, 6.07) is 10.8. The van der Waals surface area contributed by atoms with Gasteiger partial charge in [-0.25, -0.2) is 8.42 Å². The van der Waals surface area contributed by atoms with Crippen molar-refractivity contribution < 1.29 is 13.2 Å². The Kier molecular flexibility index (Phi) is 6.69. The number of rotatable bonds is 7. The fourth-order valence-electron chi connectivity index (χ4n) is 2.13. The molecule has 2 aromatic rings. The molecule has 1 aromatic carbocycles. The molecule has 0 aliphatic rings. The van der Waals surface area contributed by atoms with E-state index in [9.17, 15) is 13.2 Å². The Morgan fingerprint density at radius 2 is 1.84 bits per heavy atom. The van der Waals surface area contributed by atoms with E-state index in [2.05, 4.69) is 31.0 Å². The van der Waals surface area contributed by atoms with Gasteiger partial charge in [0.1, 0.15) is 6.04 Å². The average Bonchev–Trinajstić information content (AvgIpc) is 2.58. The van der Waals surface area contributed by atoms with E-state index >= 15 is 0 Å². The van der Waals surface area contributed by atoms with Gasteiger partial charge in [-0.2, -0.15) is 4.72 Å². The smallest absolute Gasteiger partial charge is 0.241 e. The quantitative estimate of drug-likeness (QED) is 0.712. The number of hydrogen-bond donors (Lipinski definition) is 2. The number of nitrogens with one attached hydrogen (secondary N) is 2. The number of carbonyl (C=O) groups excluding carboxylic acids is 1. The average molecular weight is 426 g/mol. The third kappa shape index (κ3) is 5.62. The van der Waals surface area contributed by atoms with Crippen molar-refractivity contribution >= 4 is 31.9 Å². The Bertz CT molecular complexity index is 809. The standard InChI is InChI=1S/C17H20BrN3O3S/c1-12(2)16(17(22)20-11-14-5-3-4-10-19-14)21-25(23,24)15-8-6-13(18)7-9-15/h3-10,12,16,21H,11H2,1-2H3,(H,20,22)/t16-/m0/s1. The zero-order valence-electron chi connectivity index (χ0n) is 13.9. The van der Waals surface area contributed by atoms with Crippen molar-refractivity contribution in [2.24, 2.45) is 5.92 Å². The van der Waals surface area contributed by atoms with E-state index in [1.54, 1.807) is 44.3 Å². The second kappa shape index (κ2) is 8.55. The minimum absolute atomic E-state index is 0.110. The van der Waals surface area contributed by atoms with Gasteiger partial charge in [0, 0.05) is 10.7 Å². The fraction of sp³-hybridized carbons (Fsp3) is 0.294. The van der Waals surface area contributed by atoms with E-state index in [1.165, 1.54) is 12.1 Å². The van der Waals surface area contributed by atoms with Crippen molar-refractivity contribution in [2.75, 3.05) is 0 Å². The Hall–Kier alpha value is -1.77. The minimum atomic E-state index is -3.80. The van der Waals surface area contributed by atoms with E-state index in [0.717, 1.165) is 4.47 Å². The van der Waals surface area contributed by atoms with E-state index in [1.807, 2.05) is 6.07 Å². The van der Waals surface area contributed by atoms with Crippen LogP contribution in [0.15, 0.2) is 58.0 Å². The van der Waals surface area contributed by atoms with Gasteiger partial charge in [0.15, 0.2) is 0 Å². The van der Waals surface area contributed by atoms with Crippen LogP contribution >= 0.6 is 15.9 Å². The van der Waals surface area contributed by atoms with E-state index in [0.29, 0.717) is 5.69 Å². The van der Waals surface area contributed by atoms with Gasteiger partial charge in [-0.3, -0.25) is 9.78 Å². The Morgan fingerprint density at radius 1 is 1.16 bits per heavy atom. The summed E-state index contributed by atoms with van der Waals surface area (Å²) in [6.45, 7) is 3.81. The molecular weight excluding hydrogens is 406 g/mol. The lowest BCUT2D eigenvalue weighted by Crippen LogP contribution is -2.49. The molecule has 0 unspecified atom stereocenters. The van der Waals surface area contributed by atoms with Crippen molar-refractivity contribution in [1.29, 1.82) is 0 Å². The summed E-state index contributed by atoms with van der Waals surface area (Å²) in [5, 5.41) is 2.73. The monoisotopic (exact) mass is 425 g/mol. The second-order valence-electron chi connectivity index (χ2n) is 5.84. The number of sulfonamides is 1. The topological polar surface area (TPSA) is 88.2 Å². The second-order valence-corrected chi connectivity index (χ2v) is 8.47. The highest BCUT2D eigenvalue weighted by Crippen LogP contribution is 2.16. The number of nitrogens with zero attached hydrogens (tertiary/aromatic N) is 1. The third-order valence-corrected chi connectivity index (χ3v) is 5.51. The first kappa shape index (κ1) is 19.6. The van der Waals surface area contributed by atoms with Crippen LogP contribution < -0.4 is 10.0 Å². The maximum atomic E-state index is 12.5. The number of hydrogen-bond acceptors (Lipinski definition) is 4. The molecule has 0 saturated heterocycles. The Balaban J connectivity index is 2.09. The van der Waals surface area contributed by atoms with Crippen LogP contribution in [0, 0.1) is 5.92 Å². The largest absolute Gasteiger partial charge is 0.349 e. The number of pyridine rings is 1. The van der Waals surface area contributed by atoms with Crippen LogP contribution in [-0.4, -0.2) is 25.4 Å². The number of amides is 1. The molecule has 1 aromatic heterocycles. The van der Waals surface area contributed by atoms with Crippen LogP contribution in [0.2, 0.25) is 0 Å². The molecule has 1 amide bonds.